The summed E-state index contributed by atoms with van der Waals surface area (Å²) in [5.41, 5.74) is 5.47. The Morgan fingerprint density at radius 2 is 1.91 bits per heavy atom. The number of carbonyl (C=O) groups is 1. The molecule has 0 fully saturated rings. The maximum absolute atomic E-state index is 12.8. The van der Waals surface area contributed by atoms with Crippen LogP contribution < -0.4 is 4.74 Å². The van der Waals surface area contributed by atoms with Gasteiger partial charge in [-0.15, -0.1) is 0 Å². The molecule has 5 rings (SSSR count). The zero-order chi connectivity index (χ0) is 23.8. The number of nitrogens with zero attached hydrogens (tertiary/aromatic N) is 4. The number of aliphatic imine (C=N–C) groups is 1. The van der Waals surface area contributed by atoms with Gasteiger partial charge in [0, 0.05) is 17.6 Å². The van der Waals surface area contributed by atoms with Gasteiger partial charge in [-0.25, -0.2) is 0 Å². The van der Waals surface area contributed by atoms with Crippen molar-refractivity contribution in [3.05, 3.63) is 88.8 Å². The van der Waals surface area contributed by atoms with Crippen molar-refractivity contribution in [2.45, 2.75) is 20.8 Å². The van der Waals surface area contributed by atoms with Crippen LogP contribution in [0.5, 0.6) is 5.75 Å². The van der Waals surface area contributed by atoms with Crippen LogP contribution in [0.1, 0.15) is 22.4 Å². The van der Waals surface area contributed by atoms with Gasteiger partial charge in [0.25, 0.3) is 5.91 Å². The lowest BCUT2D eigenvalue weighted by atomic mass is 10.1. The van der Waals surface area contributed by atoms with Crippen LogP contribution in [-0.2, 0) is 4.79 Å². The number of hydrogen-bond donors (Lipinski definition) is 1. The van der Waals surface area contributed by atoms with E-state index in [0.29, 0.717) is 10.2 Å². The molecule has 1 amide bonds. The van der Waals surface area contributed by atoms with Crippen LogP contribution in [-0.4, -0.2) is 38.1 Å². The third-order valence-electron chi connectivity index (χ3n) is 5.69. The number of aromatic nitrogens is 1. The monoisotopic (exact) mass is 469 g/mol. The van der Waals surface area contributed by atoms with E-state index in [1.807, 2.05) is 60.2 Å². The number of hydrazone groups is 1. The number of carbonyl (C=O) groups excluding carboxylic acids is 1. The van der Waals surface area contributed by atoms with Gasteiger partial charge in [0.1, 0.15) is 17.4 Å². The number of aryl methyl sites for hydroxylation is 3. The van der Waals surface area contributed by atoms with E-state index in [4.69, 9.17) is 10.1 Å². The third kappa shape index (κ3) is 4.20. The Kier molecular flexibility index (Phi) is 5.67. The number of hydrogen-bond acceptors (Lipinski definition) is 5. The van der Waals surface area contributed by atoms with Crippen LogP contribution in [0, 0.1) is 26.2 Å². The zero-order valence-electron chi connectivity index (χ0n) is 19.1. The van der Waals surface area contributed by atoms with Crippen molar-refractivity contribution in [1.29, 1.82) is 5.41 Å². The molecule has 2 aliphatic rings. The number of rotatable bonds is 5. The Labute approximate surface area is 202 Å². The fourth-order valence-electron chi connectivity index (χ4n) is 3.71. The van der Waals surface area contributed by atoms with E-state index >= 15 is 0 Å². The first-order chi connectivity index (χ1) is 16.4. The molecule has 3 heterocycles. The molecule has 0 saturated heterocycles. The van der Waals surface area contributed by atoms with E-state index in [0.717, 1.165) is 22.7 Å². The Morgan fingerprint density at radius 3 is 2.71 bits per heavy atom. The molecule has 0 unspecified atom stereocenters. The molecule has 0 bridgehead atoms. The summed E-state index contributed by atoms with van der Waals surface area (Å²) in [6, 6.07) is 17.8. The van der Waals surface area contributed by atoms with Crippen LogP contribution in [0.25, 0.3) is 11.8 Å². The number of thioether (sulfide) groups is 1. The van der Waals surface area contributed by atoms with E-state index in [1.54, 1.807) is 6.08 Å². The highest BCUT2D eigenvalue weighted by molar-refractivity contribution is 8.27. The minimum absolute atomic E-state index is 0.000826. The summed E-state index contributed by atoms with van der Waals surface area (Å²) in [5.74, 6) is 0.294. The van der Waals surface area contributed by atoms with Gasteiger partial charge in [-0.3, -0.25) is 10.2 Å². The molecule has 3 aromatic rings. The average Bonchev–Trinajstić information content (AvgIpc) is 3.44. The lowest BCUT2D eigenvalue weighted by Crippen LogP contribution is -2.35. The van der Waals surface area contributed by atoms with Crippen molar-refractivity contribution in [1.82, 2.24) is 9.58 Å². The first kappa shape index (κ1) is 21.9. The second-order valence-corrected chi connectivity index (χ2v) is 9.23. The number of ether oxygens (including phenoxy) is 1. The van der Waals surface area contributed by atoms with E-state index in [-0.39, 0.29) is 18.0 Å². The summed E-state index contributed by atoms with van der Waals surface area (Å²) < 4.78 is 7.82. The SMILES string of the molecule is Cc1cccc(OCC2=NN3C(=N)/C(=C/c4cccn4-c4ccc(C)c(C)c4)C(=O)N=C3S2)c1. The Morgan fingerprint density at radius 1 is 1.06 bits per heavy atom. The van der Waals surface area contributed by atoms with Crippen LogP contribution >= 0.6 is 11.8 Å². The summed E-state index contributed by atoms with van der Waals surface area (Å²) in [4.78, 5) is 17.0. The van der Waals surface area contributed by atoms with Crippen molar-refractivity contribution in [3.8, 4) is 11.4 Å². The predicted molar refractivity (Wildman–Crippen MR) is 137 cm³/mol. The van der Waals surface area contributed by atoms with Crippen molar-refractivity contribution in [2.75, 3.05) is 6.61 Å². The average molecular weight is 470 g/mol. The topological polar surface area (TPSA) is 83.0 Å². The van der Waals surface area contributed by atoms with Gasteiger partial charge < -0.3 is 9.30 Å². The molecule has 0 saturated carbocycles. The Bertz CT molecular complexity index is 1420. The summed E-state index contributed by atoms with van der Waals surface area (Å²) in [6.07, 6.45) is 3.63. The van der Waals surface area contributed by atoms with E-state index in [1.165, 1.54) is 27.9 Å². The van der Waals surface area contributed by atoms with Crippen LogP contribution in [0.15, 0.2) is 76.5 Å². The second-order valence-electron chi connectivity index (χ2n) is 8.19. The van der Waals surface area contributed by atoms with Gasteiger partial charge in [0.05, 0.1) is 5.57 Å². The van der Waals surface area contributed by atoms with Crippen molar-refractivity contribution >= 4 is 39.8 Å². The molecule has 0 aliphatic carbocycles. The van der Waals surface area contributed by atoms with Crippen molar-refractivity contribution in [3.63, 3.8) is 0 Å². The first-order valence-electron chi connectivity index (χ1n) is 10.8. The fourth-order valence-corrected chi connectivity index (χ4v) is 4.51. The standard InChI is InChI=1S/C26H23N5O2S/c1-16-6-4-8-21(12-16)33-15-23-29-31-24(27)22(25(32)28-26(31)34-23)14-19-7-5-11-30(19)20-10-9-17(2)18(3)13-20/h4-14,27H,15H2,1-3H3/b22-14-,27-24?. The Hall–Kier alpha value is -3.91. The number of fused-ring (bicyclic) bond motifs is 1. The normalized spacial score (nSPS) is 16.6. The predicted octanol–water partition coefficient (Wildman–Crippen LogP) is 5.10. The summed E-state index contributed by atoms with van der Waals surface area (Å²) in [5, 5.41) is 15.5. The molecule has 1 N–H and O–H groups in total. The molecule has 8 heteroatoms. The number of amidine groups is 2. The molecule has 2 aromatic carbocycles. The molecule has 34 heavy (non-hydrogen) atoms. The second kappa shape index (κ2) is 8.79. The molecule has 170 valence electrons. The van der Waals surface area contributed by atoms with Crippen molar-refractivity contribution in [2.24, 2.45) is 10.1 Å². The van der Waals surface area contributed by atoms with Crippen LogP contribution in [0.4, 0.5) is 0 Å². The van der Waals surface area contributed by atoms with E-state index < -0.39 is 5.91 Å². The van der Waals surface area contributed by atoms with Gasteiger partial charge in [-0.2, -0.15) is 15.1 Å². The molecule has 7 nitrogen and oxygen atoms in total. The van der Waals surface area contributed by atoms with E-state index in [2.05, 4.69) is 36.1 Å². The zero-order valence-corrected chi connectivity index (χ0v) is 19.9. The van der Waals surface area contributed by atoms with E-state index in [9.17, 15) is 4.79 Å². The summed E-state index contributed by atoms with van der Waals surface area (Å²) >= 11 is 1.25. The highest BCUT2D eigenvalue weighted by Gasteiger charge is 2.36. The lowest BCUT2D eigenvalue weighted by molar-refractivity contribution is -0.114. The minimum Gasteiger partial charge on any atom is -0.487 e. The summed E-state index contributed by atoms with van der Waals surface area (Å²) in [6.45, 7) is 6.38. The largest absolute Gasteiger partial charge is 0.487 e. The molecular weight excluding hydrogens is 446 g/mol. The fraction of sp³-hybridized carbons (Fsp3) is 0.154. The van der Waals surface area contributed by atoms with Gasteiger partial charge in [-0.1, -0.05) is 18.2 Å². The maximum Gasteiger partial charge on any atom is 0.283 e. The Balaban J connectivity index is 1.39. The maximum atomic E-state index is 12.8. The number of amides is 1. The van der Waals surface area contributed by atoms with Crippen molar-refractivity contribution < 1.29 is 9.53 Å². The van der Waals surface area contributed by atoms with Crippen LogP contribution in [0.2, 0.25) is 0 Å². The highest BCUT2D eigenvalue weighted by Crippen LogP contribution is 2.29. The quantitative estimate of drug-likeness (QED) is 0.527. The van der Waals surface area contributed by atoms with Crippen LogP contribution in [0.3, 0.4) is 0 Å². The summed E-state index contributed by atoms with van der Waals surface area (Å²) in [7, 11) is 0. The number of benzene rings is 2. The number of nitrogens with one attached hydrogen (secondary N) is 1. The molecule has 2 aliphatic heterocycles. The van der Waals surface area contributed by atoms with Gasteiger partial charge in [0.2, 0.25) is 5.17 Å². The molecule has 0 atom stereocenters. The minimum atomic E-state index is -0.451. The molecule has 1 aromatic heterocycles. The molecular formula is C26H23N5O2S. The first-order valence-corrected chi connectivity index (χ1v) is 11.6. The molecule has 0 spiro atoms. The van der Waals surface area contributed by atoms with Gasteiger partial charge >= 0.3 is 0 Å². The van der Waals surface area contributed by atoms with Gasteiger partial charge in [-0.05, 0) is 91.7 Å². The third-order valence-corrected chi connectivity index (χ3v) is 6.57. The van der Waals surface area contributed by atoms with Gasteiger partial charge in [0.15, 0.2) is 5.84 Å². The lowest BCUT2D eigenvalue weighted by Gasteiger charge is -2.20. The smallest absolute Gasteiger partial charge is 0.283 e. The highest BCUT2D eigenvalue weighted by atomic mass is 32.2. The molecule has 0 radical (unpaired) electrons.